The Morgan fingerprint density at radius 1 is 1.09 bits per heavy atom. The zero-order valence-electron chi connectivity index (χ0n) is 20.9. The van der Waals surface area contributed by atoms with E-state index < -0.39 is 0 Å². The quantitative estimate of drug-likeness (QED) is 0.698. The second-order valence-electron chi connectivity index (χ2n) is 9.15. The van der Waals surface area contributed by atoms with Gasteiger partial charge in [-0.3, -0.25) is 0 Å². The van der Waals surface area contributed by atoms with Gasteiger partial charge in [0, 0.05) is 37.0 Å². The molecule has 2 amide bonds. The number of anilines is 1. The SMILES string of the molecule is CCC1CCN(c2ccc(C3=NN(C(=O)NC)C(C)Cc4cc(OC)c(OC)cc43)cc2)CC1. The molecule has 0 saturated carbocycles. The number of rotatable bonds is 5. The van der Waals surface area contributed by atoms with Crippen molar-refractivity contribution in [3.8, 4) is 11.5 Å². The van der Waals surface area contributed by atoms with Crippen molar-refractivity contribution in [1.82, 2.24) is 10.3 Å². The monoisotopic (exact) mass is 464 g/mol. The minimum Gasteiger partial charge on any atom is -0.493 e. The highest BCUT2D eigenvalue weighted by atomic mass is 16.5. The molecule has 182 valence electrons. The van der Waals surface area contributed by atoms with Gasteiger partial charge in [-0.05, 0) is 61.9 Å². The van der Waals surface area contributed by atoms with E-state index in [9.17, 15) is 4.79 Å². The number of hydrazone groups is 1. The van der Waals surface area contributed by atoms with Crippen LogP contribution in [0.4, 0.5) is 10.5 Å². The number of piperidine rings is 1. The van der Waals surface area contributed by atoms with Crippen LogP contribution in [0.5, 0.6) is 11.5 Å². The number of methoxy groups -OCH3 is 2. The summed E-state index contributed by atoms with van der Waals surface area (Å²) in [5.74, 6) is 2.16. The van der Waals surface area contributed by atoms with Crippen molar-refractivity contribution >= 4 is 17.4 Å². The molecule has 2 heterocycles. The summed E-state index contributed by atoms with van der Waals surface area (Å²) >= 11 is 0. The van der Waals surface area contributed by atoms with Gasteiger partial charge in [0.25, 0.3) is 0 Å². The van der Waals surface area contributed by atoms with Gasteiger partial charge in [-0.15, -0.1) is 0 Å². The number of hydrogen-bond acceptors (Lipinski definition) is 5. The fourth-order valence-electron chi connectivity index (χ4n) is 4.98. The molecule has 1 atom stereocenters. The third-order valence-corrected chi connectivity index (χ3v) is 7.12. The summed E-state index contributed by atoms with van der Waals surface area (Å²) in [5.41, 5.74) is 4.97. The number of nitrogens with one attached hydrogen (secondary N) is 1. The molecule has 1 fully saturated rings. The lowest BCUT2D eigenvalue weighted by molar-refractivity contribution is 0.184. The molecule has 7 heteroatoms. The molecule has 1 unspecified atom stereocenters. The normalized spacial score (nSPS) is 18.6. The minimum absolute atomic E-state index is 0.117. The molecule has 2 aliphatic rings. The van der Waals surface area contributed by atoms with Crippen LogP contribution in [0.25, 0.3) is 0 Å². The third kappa shape index (κ3) is 4.69. The van der Waals surface area contributed by atoms with Gasteiger partial charge in [0.15, 0.2) is 11.5 Å². The number of urea groups is 1. The molecule has 1 saturated heterocycles. The van der Waals surface area contributed by atoms with Gasteiger partial charge in [0.05, 0.1) is 26.0 Å². The zero-order chi connectivity index (χ0) is 24.2. The number of nitrogens with zero attached hydrogens (tertiary/aromatic N) is 3. The van der Waals surface area contributed by atoms with Crippen LogP contribution in [0.1, 0.15) is 49.8 Å². The molecular weight excluding hydrogens is 428 g/mol. The zero-order valence-corrected chi connectivity index (χ0v) is 20.9. The Bertz CT molecular complexity index is 1040. The fourth-order valence-corrected chi connectivity index (χ4v) is 4.98. The second kappa shape index (κ2) is 10.4. The van der Waals surface area contributed by atoms with Gasteiger partial charge in [-0.1, -0.05) is 25.5 Å². The van der Waals surface area contributed by atoms with Crippen LogP contribution >= 0.6 is 0 Å². The number of carbonyl (C=O) groups is 1. The molecule has 0 radical (unpaired) electrons. The van der Waals surface area contributed by atoms with Crippen LogP contribution in [0.2, 0.25) is 0 Å². The van der Waals surface area contributed by atoms with Gasteiger partial charge in [-0.2, -0.15) is 5.10 Å². The molecule has 2 aromatic rings. The Hall–Kier alpha value is -3.22. The summed E-state index contributed by atoms with van der Waals surface area (Å²) in [6.45, 7) is 6.49. The van der Waals surface area contributed by atoms with Crippen LogP contribution in [-0.2, 0) is 6.42 Å². The number of hydrogen-bond donors (Lipinski definition) is 1. The van der Waals surface area contributed by atoms with Crippen LogP contribution in [0.3, 0.4) is 0 Å². The summed E-state index contributed by atoms with van der Waals surface area (Å²) in [5, 5.41) is 9.12. The van der Waals surface area contributed by atoms with Crippen LogP contribution in [0, 0.1) is 5.92 Å². The van der Waals surface area contributed by atoms with E-state index in [1.807, 2.05) is 19.1 Å². The first-order valence-corrected chi connectivity index (χ1v) is 12.2. The lowest BCUT2D eigenvalue weighted by Crippen LogP contribution is -2.41. The number of amides is 2. The van der Waals surface area contributed by atoms with Gasteiger partial charge >= 0.3 is 6.03 Å². The number of benzene rings is 2. The van der Waals surface area contributed by atoms with Crippen molar-refractivity contribution in [2.24, 2.45) is 11.0 Å². The number of fused-ring (bicyclic) bond motifs is 1. The molecule has 0 spiro atoms. The predicted octanol–water partition coefficient (Wildman–Crippen LogP) is 4.67. The van der Waals surface area contributed by atoms with E-state index in [1.54, 1.807) is 21.3 Å². The third-order valence-electron chi connectivity index (χ3n) is 7.12. The van der Waals surface area contributed by atoms with Crippen molar-refractivity contribution in [2.45, 2.75) is 45.6 Å². The molecule has 0 aliphatic carbocycles. The maximum absolute atomic E-state index is 12.7. The van der Waals surface area contributed by atoms with E-state index in [0.29, 0.717) is 17.9 Å². The molecular formula is C27H36N4O3. The lowest BCUT2D eigenvalue weighted by atomic mass is 9.93. The van der Waals surface area contributed by atoms with Gasteiger partial charge < -0.3 is 19.7 Å². The standard InChI is InChI=1S/C27H36N4O3/c1-6-19-11-13-30(14-12-19)22-9-7-20(8-10-22)26-23-17-25(34-5)24(33-4)16-21(23)15-18(2)31(29-26)27(32)28-3/h7-10,16-19H,6,11-15H2,1-5H3,(H,28,32). The first kappa shape index (κ1) is 23.9. The predicted molar refractivity (Wildman–Crippen MR) is 136 cm³/mol. The average molecular weight is 465 g/mol. The van der Waals surface area contributed by atoms with E-state index in [1.165, 1.54) is 30.0 Å². The molecule has 2 aliphatic heterocycles. The van der Waals surface area contributed by atoms with E-state index >= 15 is 0 Å². The topological polar surface area (TPSA) is 66.4 Å². The Balaban J connectivity index is 1.74. The minimum atomic E-state index is -0.229. The number of carbonyl (C=O) groups excluding carboxylic acids is 1. The van der Waals surface area contributed by atoms with Crippen LogP contribution in [0.15, 0.2) is 41.5 Å². The molecule has 4 rings (SSSR count). The smallest absolute Gasteiger partial charge is 0.337 e. The fraction of sp³-hybridized carbons (Fsp3) is 0.481. The van der Waals surface area contributed by atoms with E-state index in [-0.39, 0.29) is 12.1 Å². The lowest BCUT2D eigenvalue weighted by Gasteiger charge is -2.33. The van der Waals surface area contributed by atoms with E-state index in [2.05, 4.69) is 41.4 Å². The molecule has 7 nitrogen and oxygen atoms in total. The van der Waals surface area contributed by atoms with Crippen LogP contribution < -0.4 is 19.7 Å². The summed E-state index contributed by atoms with van der Waals surface area (Å²) in [6, 6.07) is 12.2. The Labute approximate surface area is 202 Å². The van der Waals surface area contributed by atoms with Crippen molar-refractivity contribution in [1.29, 1.82) is 0 Å². The van der Waals surface area contributed by atoms with Crippen LogP contribution in [-0.4, -0.2) is 57.2 Å². The maximum atomic E-state index is 12.7. The highest BCUT2D eigenvalue weighted by Gasteiger charge is 2.28. The molecule has 0 aromatic heterocycles. The first-order chi connectivity index (χ1) is 16.5. The van der Waals surface area contributed by atoms with Crippen molar-refractivity contribution in [3.63, 3.8) is 0 Å². The average Bonchev–Trinajstić information content (AvgIpc) is 3.03. The first-order valence-electron chi connectivity index (χ1n) is 12.2. The van der Waals surface area contributed by atoms with Crippen molar-refractivity contribution in [3.05, 3.63) is 53.1 Å². The highest BCUT2D eigenvalue weighted by Crippen LogP contribution is 2.35. The summed E-state index contributed by atoms with van der Waals surface area (Å²) in [6.07, 6.45) is 4.42. The number of ether oxygens (including phenoxy) is 2. The van der Waals surface area contributed by atoms with Gasteiger partial charge in [-0.25, -0.2) is 9.80 Å². The largest absolute Gasteiger partial charge is 0.493 e. The molecule has 1 N–H and O–H groups in total. The highest BCUT2D eigenvalue weighted by molar-refractivity contribution is 6.14. The Morgan fingerprint density at radius 3 is 2.32 bits per heavy atom. The summed E-state index contributed by atoms with van der Waals surface area (Å²) in [7, 11) is 4.90. The van der Waals surface area contributed by atoms with E-state index in [4.69, 9.17) is 14.6 Å². The molecule has 34 heavy (non-hydrogen) atoms. The summed E-state index contributed by atoms with van der Waals surface area (Å²) in [4.78, 5) is 15.1. The molecule has 0 bridgehead atoms. The Morgan fingerprint density at radius 2 is 1.74 bits per heavy atom. The van der Waals surface area contributed by atoms with Crippen molar-refractivity contribution < 1.29 is 14.3 Å². The maximum Gasteiger partial charge on any atom is 0.337 e. The van der Waals surface area contributed by atoms with E-state index in [0.717, 1.165) is 41.4 Å². The van der Waals surface area contributed by atoms with Gasteiger partial charge in [0.2, 0.25) is 0 Å². The molecule has 2 aromatic carbocycles. The second-order valence-corrected chi connectivity index (χ2v) is 9.15. The summed E-state index contributed by atoms with van der Waals surface area (Å²) < 4.78 is 11.1. The van der Waals surface area contributed by atoms with Gasteiger partial charge in [0.1, 0.15) is 0 Å². The van der Waals surface area contributed by atoms with Crippen molar-refractivity contribution in [2.75, 3.05) is 39.3 Å². The Kier molecular flexibility index (Phi) is 7.29.